The molecule has 0 saturated heterocycles. The molecule has 0 amide bonds. The van der Waals surface area contributed by atoms with Crippen molar-refractivity contribution in [3.05, 3.63) is 65.2 Å². The number of aliphatic hydroxyl groups is 1. The largest absolute Gasteiger partial charge is 0.385 e. The Hall–Kier alpha value is -1.88. The van der Waals surface area contributed by atoms with Crippen LogP contribution >= 0.6 is 0 Å². The van der Waals surface area contributed by atoms with Crippen molar-refractivity contribution in [2.24, 2.45) is 0 Å². The molecule has 2 nitrogen and oxygen atoms in total. The van der Waals surface area contributed by atoms with E-state index >= 15 is 0 Å². The summed E-state index contributed by atoms with van der Waals surface area (Å²) in [6.07, 6.45) is 2.22. The number of hydrogen-bond donors (Lipinski definition) is 1. The van der Waals surface area contributed by atoms with Gasteiger partial charge in [0.15, 0.2) is 0 Å². The summed E-state index contributed by atoms with van der Waals surface area (Å²) >= 11 is 0. The Balaban J connectivity index is 2.30. The molecule has 0 saturated carbocycles. The van der Waals surface area contributed by atoms with Crippen molar-refractivity contribution in [2.75, 3.05) is 0 Å². The SMILES string of the molecule is CC(O)(Cc1ccc(F)cc1F)c1cncc(F)c1. The van der Waals surface area contributed by atoms with E-state index in [1.807, 2.05) is 0 Å². The number of halogens is 3. The van der Waals surface area contributed by atoms with E-state index in [9.17, 15) is 18.3 Å². The number of pyridine rings is 1. The van der Waals surface area contributed by atoms with E-state index in [0.717, 1.165) is 24.4 Å². The van der Waals surface area contributed by atoms with Gasteiger partial charge in [-0.05, 0) is 24.6 Å². The van der Waals surface area contributed by atoms with E-state index in [1.165, 1.54) is 19.2 Å². The van der Waals surface area contributed by atoms with Crippen LogP contribution in [0.2, 0.25) is 0 Å². The summed E-state index contributed by atoms with van der Waals surface area (Å²) in [4.78, 5) is 3.64. The van der Waals surface area contributed by atoms with Gasteiger partial charge in [0, 0.05) is 24.2 Å². The molecule has 5 heteroatoms. The van der Waals surface area contributed by atoms with E-state index in [4.69, 9.17) is 0 Å². The Kier molecular flexibility index (Phi) is 3.57. The van der Waals surface area contributed by atoms with Crippen LogP contribution in [0, 0.1) is 17.5 Å². The lowest BCUT2D eigenvalue weighted by Gasteiger charge is -2.23. The lowest BCUT2D eigenvalue weighted by molar-refractivity contribution is 0.0559. The molecular formula is C14H12F3NO. The van der Waals surface area contributed by atoms with E-state index in [1.54, 1.807) is 0 Å². The van der Waals surface area contributed by atoms with Gasteiger partial charge in [0.05, 0.1) is 11.8 Å². The van der Waals surface area contributed by atoms with Crippen LogP contribution in [0.3, 0.4) is 0 Å². The summed E-state index contributed by atoms with van der Waals surface area (Å²) in [5, 5.41) is 10.3. The highest BCUT2D eigenvalue weighted by Gasteiger charge is 2.26. The number of benzene rings is 1. The fraction of sp³-hybridized carbons (Fsp3) is 0.214. The first-order valence-corrected chi connectivity index (χ1v) is 5.66. The fourth-order valence-corrected chi connectivity index (χ4v) is 1.84. The Labute approximate surface area is 108 Å². The predicted molar refractivity (Wildman–Crippen MR) is 63.8 cm³/mol. The van der Waals surface area contributed by atoms with Crippen LogP contribution < -0.4 is 0 Å². The summed E-state index contributed by atoms with van der Waals surface area (Å²) in [5.74, 6) is -2.02. The van der Waals surface area contributed by atoms with Gasteiger partial charge in [-0.3, -0.25) is 4.98 Å². The van der Waals surface area contributed by atoms with Crippen LogP contribution in [0.25, 0.3) is 0 Å². The molecule has 2 rings (SSSR count). The molecule has 0 aliphatic rings. The lowest BCUT2D eigenvalue weighted by Crippen LogP contribution is -2.25. The second-order valence-electron chi connectivity index (χ2n) is 4.58. The Morgan fingerprint density at radius 3 is 2.47 bits per heavy atom. The molecule has 1 heterocycles. The van der Waals surface area contributed by atoms with Gasteiger partial charge in [-0.15, -0.1) is 0 Å². The minimum atomic E-state index is -1.49. The van der Waals surface area contributed by atoms with Crippen LogP contribution in [0.5, 0.6) is 0 Å². The highest BCUT2D eigenvalue weighted by atomic mass is 19.1. The summed E-state index contributed by atoms with van der Waals surface area (Å²) < 4.78 is 39.4. The first-order valence-electron chi connectivity index (χ1n) is 5.66. The monoisotopic (exact) mass is 267 g/mol. The zero-order valence-electron chi connectivity index (χ0n) is 10.2. The van der Waals surface area contributed by atoms with E-state index < -0.39 is 23.1 Å². The third-order valence-corrected chi connectivity index (χ3v) is 2.88. The summed E-state index contributed by atoms with van der Waals surface area (Å²) in [6, 6.07) is 4.24. The number of hydrogen-bond acceptors (Lipinski definition) is 2. The maximum absolute atomic E-state index is 13.5. The molecule has 1 unspecified atom stereocenters. The van der Waals surface area contributed by atoms with Gasteiger partial charge < -0.3 is 5.11 Å². The van der Waals surface area contributed by atoms with Gasteiger partial charge in [0.25, 0.3) is 0 Å². The van der Waals surface area contributed by atoms with Crippen molar-refractivity contribution in [3.8, 4) is 0 Å². The Morgan fingerprint density at radius 2 is 1.84 bits per heavy atom. The number of aromatic nitrogens is 1. The van der Waals surface area contributed by atoms with Crippen molar-refractivity contribution in [3.63, 3.8) is 0 Å². The molecule has 1 aromatic carbocycles. The average molecular weight is 267 g/mol. The van der Waals surface area contributed by atoms with Crippen molar-refractivity contribution < 1.29 is 18.3 Å². The van der Waals surface area contributed by atoms with Gasteiger partial charge in [-0.25, -0.2) is 13.2 Å². The third kappa shape index (κ3) is 3.12. The molecule has 100 valence electrons. The molecule has 1 atom stereocenters. The molecule has 0 aliphatic carbocycles. The predicted octanol–water partition coefficient (Wildman–Crippen LogP) is 2.95. The average Bonchev–Trinajstić information content (AvgIpc) is 2.33. The molecule has 0 spiro atoms. The van der Waals surface area contributed by atoms with Crippen LogP contribution in [0.1, 0.15) is 18.1 Å². The molecule has 1 aromatic heterocycles. The van der Waals surface area contributed by atoms with Gasteiger partial charge in [0.2, 0.25) is 0 Å². The minimum absolute atomic E-state index is 0.107. The number of nitrogens with zero attached hydrogens (tertiary/aromatic N) is 1. The molecule has 19 heavy (non-hydrogen) atoms. The third-order valence-electron chi connectivity index (χ3n) is 2.88. The van der Waals surface area contributed by atoms with E-state index in [2.05, 4.69) is 4.98 Å². The molecule has 0 fully saturated rings. The summed E-state index contributed by atoms with van der Waals surface area (Å²) in [7, 11) is 0. The standard InChI is InChI=1S/C14H12F3NO/c1-14(19,10-4-12(16)8-18-7-10)6-9-2-3-11(15)5-13(9)17/h2-5,7-8,19H,6H2,1H3. The van der Waals surface area contributed by atoms with Crippen molar-refractivity contribution in [1.29, 1.82) is 0 Å². The maximum atomic E-state index is 13.5. The molecule has 0 bridgehead atoms. The smallest absolute Gasteiger partial charge is 0.141 e. The quantitative estimate of drug-likeness (QED) is 0.927. The van der Waals surface area contributed by atoms with E-state index in [0.29, 0.717) is 0 Å². The molecule has 0 aliphatic heterocycles. The van der Waals surface area contributed by atoms with Gasteiger partial charge in [-0.1, -0.05) is 6.07 Å². The molecule has 2 aromatic rings. The highest BCUT2D eigenvalue weighted by molar-refractivity contribution is 5.25. The van der Waals surface area contributed by atoms with Crippen LogP contribution in [-0.4, -0.2) is 10.1 Å². The van der Waals surface area contributed by atoms with E-state index in [-0.39, 0.29) is 17.5 Å². The van der Waals surface area contributed by atoms with Gasteiger partial charge in [0.1, 0.15) is 17.5 Å². The lowest BCUT2D eigenvalue weighted by atomic mass is 9.90. The fourth-order valence-electron chi connectivity index (χ4n) is 1.84. The molecular weight excluding hydrogens is 255 g/mol. The first-order chi connectivity index (χ1) is 8.88. The first kappa shape index (κ1) is 13.5. The normalized spacial score (nSPS) is 14.2. The molecule has 0 radical (unpaired) electrons. The Morgan fingerprint density at radius 1 is 1.11 bits per heavy atom. The summed E-state index contributed by atoms with van der Waals surface area (Å²) in [5.41, 5.74) is -1.11. The highest BCUT2D eigenvalue weighted by Crippen LogP contribution is 2.26. The van der Waals surface area contributed by atoms with Crippen LogP contribution in [0.15, 0.2) is 36.7 Å². The van der Waals surface area contributed by atoms with Gasteiger partial charge >= 0.3 is 0 Å². The number of rotatable bonds is 3. The topological polar surface area (TPSA) is 33.1 Å². The van der Waals surface area contributed by atoms with Crippen molar-refractivity contribution in [2.45, 2.75) is 18.9 Å². The van der Waals surface area contributed by atoms with Crippen molar-refractivity contribution in [1.82, 2.24) is 4.98 Å². The van der Waals surface area contributed by atoms with Crippen molar-refractivity contribution >= 4 is 0 Å². The van der Waals surface area contributed by atoms with Gasteiger partial charge in [-0.2, -0.15) is 0 Å². The minimum Gasteiger partial charge on any atom is -0.385 e. The molecule has 1 N–H and O–H groups in total. The van der Waals surface area contributed by atoms with Crippen LogP contribution in [0.4, 0.5) is 13.2 Å². The maximum Gasteiger partial charge on any atom is 0.141 e. The second-order valence-corrected chi connectivity index (χ2v) is 4.58. The second kappa shape index (κ2) is 5.01. The zero-order chi connectivity index (χ0) is 14.0. The Bertz CT molecular complexity index is 599. The van der Waals surface area contributed by atoms with Crippen LogP contribution in [-0.2, 0) is 12.0 Å². The zero-order valence-corrected chi connectivity index (χ0v) is 10.2. The summed E-state index contributed by atoms with van der Waals surface area (Å²) in [6.45, 7) is 1.42.